The fraction of sp³-hybridized carbons (Fsp3) is 0.423. The van der Waals surface area contributed by atoms with Crippen LogP contribution < -0.4 is 4.18 Å². The molecule has 4 atom stereocenters. The number of benzene rings is 2. The number of carbonyl (C=O) groups excluding carboxylic acids is 1. The largest absolute Gasteiger partial charge is 0.534 e. The first-order valence-electron chi connectivity index (χ1n) is 12.4. The molecule has 6 rings (SSSR count). The quantitative estimate of drug-likeness (QED) is 0.234. The molecule has 1 aromatic heterocycles. The molecule has 0 N–H and O–H groups in total. The maximum Gasteiger partial charge on any atom is 0.534 e. The molecule has 1 saturated carbocycles. The Balaban J connectivity index is 1.68. The first-order valence-corrected chi connectivity index (χ1v) is 15.2. The molecule has 2 unspecified atom stereocenters. The maximum absolute atomic E-state index is 13.8. The Labute approximate surface area is 228 Å². The summed E-state index contributed by atoms with van der Waals surface area (Å²) in [5.74, 6) is -2.84. The smallest absolute Gasteiger partial charge is 0.375 e. The summed E-state index contributed by atoms with van der Waals surface area (Å²) in [6.07, 6.45) is 0.241. The van der Waals surface area contributed by atoms with Crippen LogP contribution in [0, 0.1) is 6.92 Å². The molecule has 40 heavy (non-hydrogen) atoms. The van der Waals surface area contributed by atoms with Crippen molar-refractivity contribution in [1.82, 2.24) is 3.97 Å². The van der Waals surface area contributed by atoms with Crippen molar-refractivity contribution in [3.8, 4) is 5.75 Å². The minimum atomic E-state index is -6.13. The van der Waals surface area contributed by atoms with E-state index in [0.29, 0.717) is 18.3 Å². The third kappa shape index (κ3) is 3.83. The highest BCUT2D eigenvalue weighted by atomic mass is 32.2. The van der Waals surface area contributed by atoms with E-state index >= 15 is 0 Å². The van der Waals surface area contributed by atoms with E-state index in [1.54, 1.807) is 32.9 Å². The summed E-state index contributed by atoms with van der Waals surface area (Å²) in [5.41, 5.74) is -4.51. The average molecular weight is 600 g/mol. The average Bonchev–Trinajstić information content (AvgIpc) is 3.58. The van der Waals surface area contributed by atoms with Crippen LogP contribution in [0.3, 0.4) is 0 Å². The number of alkyl halides is 3. The summed E-state index contributed by atoms with van der Waals surface area (Å²) in [6.45, 7) is 5.16. The van der Waals surface area contributed by atoms with Gasteiger partial charge >= 0.3 is 15.6 Å². The van der Waals surface area contributed by atoms with Crippen molar-refractivity contribution in [2.75, 3.05) is 0 Å². The van der Waals surface area contributed by atoms with Gasteiger partial charge in [0.25, 0.3) is 10.0 Å². The Kier molecular flexibility index (Phi) is 5.81. The molecule has 3 aliphatic rings. The van der Waals surface area contributed by atoms with E-state index in [1.807, 2.05) is 0 Å². The predicted molar refractivity (Wildman–Crippen MR) is 135 cm³/mol. The summed E-state index contributed by atoms with van der Waals surface area (Å²) < 4.78 is 111. The molecule has 1 aliphatic heterocycles. The zero-order valence-electron chi connectivity index (χ0n) is 21.4. The molecule has 2 heterocycles. The third-order valence-electron chi connectivity index (χ3n) is 7.79. The summed E-state index contributed by atoms with van der Waals surface area (Å²) in [4.78, 5) is 11.7. The van der Waals surface area contributed by atoms with Crippen molar-refractivity contribution in [3.63, 3.8) is 0 Å². The molecular formula is C26H24F3NO8S2. The van der Waals surface area contributed by atoms with Crippen molar-refractivity contribution < 1.29 is 48.5 Å². The Hall–Kier alpha value is -2.94. The number of nitrogens with zero attached hydrogens (tertiary/aromatic N) is 1. The van der Waals surface area contributed by atoms with E-state index in [0.717, 1.165) is 9.54 Å². The molecule has 14 heteroatoms. The number of carbonyl (C=O) groups is 1. The zero-order valence-corrected chi connectivity index (χ0v) is 23.1. The normalized spacial score (nSPS) is 25.2. The van der Waals surface area contributed by atoms with Crippen molar-refractivity contribution in [3.05, 3.63) is 58.8 Å². The lowest BCUT2D eigenvalue weighted by molar-refractivity contribution is -0.153. The first-order chi connectivity index (χ1) is 18.6. The van der Waals surface area contributed by atoms with Gasteiger partial charge in [0.15, 0.2) is 11.5 Å². The highest BCUT2D eigenvalue weighted by Gasteiger charge is 2.61. The Morgan fingerprint density at radius 3 is 2.20 bits per heavy atom. The molecule has 2 bridgehead atoms. The second-order valence-electron chi connectivity index (χ2n) is 10.7. The van der Waals surface area contributed by atoms with Gasteiger partial charge in [0.05, 0.1) is 22.6 Å². The van der Waals surface area contributed by atoms with Crippen molar-refractivity contribution in [2.24, 2.45) is 0 Å². The standard InChI is InChI=1S/C26H24F3NO8S2/c1-13-4-6-14(7-5-13)39(32,33)30-10-8-15-16(9-11-31)22(38-40(34,35)26(27,28)29)20-18-12-17(19(20)21(15)30)23-24(18)37-25(2,3)36-23/h4-8,10-11,17-18,23-24H,9,12H2,1-3H3/t17-,18+,23?,24?/m1/s1. The van der Waals surface area contributed by atoms with E-state index in [4.69, 9.17) is 13.7 Å². The first kappa shape index (κ1) is 27.2. The van der Waals surface area contributed by atoms with Crippen LogP contribution in [0.5, 0.6) is 5.75 Å². The number of halogens is 3. The lowest BCUT2D eigenvalue weighted by atomic mass is 9.83. The van der Waals surface area contributed by atoms with Gasteiger partial charge in [-0.2, -0.15) is 21.6 Å². The summed E-state index contributed by atoms with van der Waals surface area (Å²) in [6, 6.07) is 7.48. The second-order valence-corrected chi connectivity index (χ2v) is 14.0. The van der Waals surface area contributed by atoms with Crippen molar-refractivity contribution >= 4 is 37.3 Å². The maximum atomic E-state index is 13.8. The van der Waals surface area contributed by atoms with E-state index in [1.165, 1.54) is 24.4 Å². The van der Waals surface area contributed by atoms with Gasteiger partial charge in [-0.1, -0.05) is 17.7 Å². The minimum absolute atomic E-state index is 0.0242. The molecule has 9 nitrogen and oxygen atoms in total. The highest BCUT2D eigenvalue weighted by molar-refractivity contribution is 7.90. The van der Waals surface area contributed by atoms with Gasteiger partial charge in [0.1, 0.15) is 6.29 Å². The number of hydrogen-bond acceptors (Lipinski definition) is 8. The number of ether oxygens (including phenoxy) is 2. The van der Waals surface area contributed by atoms with Gasteiger partial charge in [-0.25, -0.2) is 12.4 Å². The molecule has 214 valence electrons. The number of fused-ring (bicyclic) bond motifs is 10. The molecule has 3 aromatic rings. The number of aromatic nitrogens is 1. The second kappa shape index (κ2) is 8.54. The van der Waals surface area contributed by atoms with Crippen molar-refractivity contribution in [1.29, 1.82) is 0 Å². The minimum Gasteiger partial charge on any atom is -0.375 e. The fourth-order valence-corrected chi connectivity index (χ4v) is 8.18. The lowest BCUT2D eigenvalue weighted by Gasteiger charge is -2.29. The molecule has 2 aliphatic carbocycles. The van der Waals surface area contributed by atoms with Crippen LogP contribution in [0.15, 0.2) is 41.4 Å². The molecule has 0 spiro atoms. The van der Waals surface area contributed by atoms with Crippen LogP contribution in [-0.2, 0) is 40.8 Å². The molecule has 0 radical (unpaired) electrons. The summed E-state index contributed by atoms with van der Waals surface area (Å²) >= 11 is 0. The van der Waals surface area contributed by atoms with Crippen LogP contribution in [-0.4, -0.2) is 50.6 Å². The van der Waals surface area contributed by atoms with Crippen molar-refractivity contribution in [2.45, 2.75) is 73.8 Å². The monoisotopic (exact) mass is 599 g/mol. The van der Waals surface area contributed by atoms with E-state index in [-0.39, 0.29) is 26.9 Å². The van der Waals surface area contributed by atoms with E-state index in [9.17, 15) is 34.8 Å². The van der Waals surface area contributed by atoms with E-state index in [2.05, 4.69) is 0 Å². The van der Waals surface area contributed by atoms with Crippen LogP contribution in [0.25, 0.3) is 10.9 Å². The van der Waals surface area contributed by atoms with Gasteiger partial charge in [-0.15, -0.1) is 0 Å². The molecule has 1 saturated heterocycles. The molecule has 0 amide bonds. The number of aldehydes is 1. The van der Waals surface area contributed by atoms with Crippen LogP contribution in [0.2, 0.25) is 0 Å². The van der Waals surface area contributed by atoms with Gasteiger partial charge in [-0.3, -0.25) is 0 Å². The summed E-state index contributed by atoms with van der Waals surface area (Å²) in [7, 11) is -10.3. The molecule has 2 fully saturated rings. The third-order valence-corrected chi connectivity index (χ3v) is 10.4. The SMILES string of the molecule is Cc1ccc(S(=O)(=O)n2ccc3c(CC=O)c(OS(=O)(=O)C(F)(F)F)c4c(c32)[C@H]2C[C@@H]4C3OC(C)(C)OC32)cc1. The highest BCUT2D eigenvalue weighted by Crippen LogP contribution is 2.64. The lowest BCUT2D eigenvalue weighted by Crippen LogP contribution is -2.32. The van der Waals surface area contributed by atoms with Crippen LogP contribution >= 0.6 is 0 Å². The topological polar surface area (TPSA) is 118 Å². The summed E-state index contributed by atoms with van der Waals surface area (Å²) in [5, 5.41) is 0.0937. The number of aryl methyl sites for hydroxylation is 1. The predicted octanol–water partition coefficient (Wildman–Crippen LogP) is 4.26. The zero-order chi connectivity index (χ0) is 29.0. The number of hydrogen-bond donors (Lipinski definition) is 0. The van der Waals surface area contributed by atoms with Gasteiger partial charge in [-0.05, 0) is 51.0 Å². The fourth-order valence-electron chi connectivity index (χ4n) is 6.31. The van der Waals surface area contributed by atoms with Gasteiger partial charge in [0.2, 0.25) is 0 Å². The van der Waals surface area contributed by atoms with Crippen LogP contribution in [0.1, 0.15) is 54.4 Å². The van der Waals surface area contributed by atoms with Crippen LogP contribution in [0.4, 0.5) is 13.2 Å². The Morgan fingerprint density at radius 2 is 1.62 bits per heavy atom. The van der Waals surface area contributed by atoms with E-state index < -0.39 is 67.7 Å². The Morgan fingerprint density at radius 1 is 1.02 bits per heavy atom. The molecule has 2 aromatic carbocycles. The molecular weight excluding hydrogens is 575 g/mol. The Bertz CT molecular complexity index is 1780. The van der Waals surface area contributed by atoms with Gasteiger partial charge in [0, 0.05) is 41.0 Å². The van der Waals surface area contributed by atoms with Gasteiger partial charge < -0.3 is 18.5 Å². The number of rotatable bonds is 6.